The van der Waals surface area contributed by atoms with Gasteiger partial charge >= 0.3 is 0 Å². The van der Waals surface area contributed by atoms with Gasteiger partial charge in [0.15, 0.2) is 5.96 Å². The van der Waals surface area contributed by atoms with Gasteiger partial charge < -0.3 is 15.7 Å². The number of amides is 1. The van der Waals surface area contributed by atoms with Crippen molar-refractivity contribution in [3.05, 3.63) is 0 Å². The lowest BCUT2D eigenvalue weighted by Crippen LogP contribution is -2.51. The molecule has 7 heteroatoms. The first-order valence-electron chi connectivity index (χ1n) is 4.40. The summed E-state index contributed by atoms with van der Waals surface area (Å²) in [5.74, 6) is 0.321. The van der Waals surface area contributed by atoms with Crippen LogP contribution in [0.15, 0.2) is 4.99 Å². The Hall–Kier alpha value is -1.34. The number of nitrogens with zero attached hydrogens (tertiary/aromatic N) is 1. The molecule has 2 unspecified atom stereocenters. The zero-order valence-electron chi connectivity index (χ0n) is 7.49. The first kappa shape index (κ1) is 9.22. The molecule has 2 aliphatic heterocycles. The molecular formula is C7H12N4O3. The van der Waals surface area contributed by atoms with E-state index in [-0.39, 0.29) is 12.5 Å². The molecule has 7 nitrogen and oxygen atoms in total. The van der Waals surface area contributed by atoms with Crippen molar-refractivity contribution in [1.29, 1.82) is 0 Å². The van der Waals surface area contributed by atoms with Gasteiger partial charge in [-0.3, -0.25) is 14.6 Å². The monoisotopic (exact) mass is 200 g/mol. The Morgan fingerprint density at radius 2 is 2.50 bits per heavy atom. The van der Waals surface area contributed by atoms with Crippen LogP contribution in [0.4, 0.5) is 0 Å². The summed E-state index contributed by atoms with van der Waals surface area (Å²) in [5, 5.41) is 14.9. The lowest BCUT2D eigenvalue weighted by molar-refractivity contribution is -0.124. The Morgan fingerprint density at radius 3 is 3.07 bits per heavy atom. The number of hydroxylamine groups is 1. The van der Waals surface area contributed by atoms with Crippen LogP contribution in [0, 0.1) is 0 Å². The van der Waals surface area contributed by atoms with Crippen LogP contribution in [0.25, 0.3) is 0 Å². The van der Waals surface area contributed by atoms with Gasteiger partial charge in [0.1, 0.15) is 12.6 Å². The lowest BCUT2D eigenvalue weighted by atomic mass is 10.3. The van der Waals surface area contributed by atoms with E-state index in [2.05, 4.69) is 21.1 Å². The average Bonchev–Trinajstić information content (AvgIpc) is 2.56. The van der Waals surface area contributed by atoms with Crippen molar-refractivity contribution in [1.82, 2.24) is 16.1 Å². The summed E-state index contributed by atoms with van der Waals surface area (Å²) < 4.78 is 0. The summed E-state index contributed by atoms with van der Waals surface area (Å²) in [7, 11) is 0. The summed E-state index contributed by atoms with van der Waals surface area (Å²) in [6, 6.07) is -0.406. The molecule has 2 aliphatic rings. The first-order valence-corrected chi connectivity index (χ1v) is 4.40. The molecule has 0 spiro atoms. The van der Waals surface area contributed by atoms with Crippen LogP contribution in [0.5, 0.6) is 0 Å². The molecule has 0 radical (unpaired) electrons. The molecule has 78 valence electrons. The van der Waals surface area contributed by atoms with E-state index in [1.165, 1.54) is 0 Å². The number of hydrogen-bond acceptors (Lipinski definition) is 6. The zero-order valence-corrected chi connectivity index (χ0v) is 7.49. The Labute approximate surface area is 80.5 Å². The van der Waals surface area contributed by atoms with Gasteiger partial charge in [-0.25, -0.2) is 5.48 Å². The molecule has 0 aliphatic carbocycles. The Kier molecular flexibility index (Phi) is 2.51. The predicted octanol–water partition coefficient (Wildman–Crippen LogP) is -2.67. The van der Waals surface area contributed by atoms with Crippen molar-refractivity contribution in [3.63, 3.8) is 0 Å². The maximum Gasteiger partial charge on any atom is 0.268 e. The van der Waals surface area contributed by atoms with Gasteiger partial charge in [0.25, 0.3) is 5.91 Å². The highest BCUT2D eigenvalue weighted by atomic mass is 16.7. The number of carbonyl (C=O) groups excluding carboxylic acids is 1. The number of nitrogens with one attached hydrogen (secondary N) is 3. The van der Waals surface area contributed by atoms with E-state index in [0.29, 0.717) is 19.0 Å². The van der Waals surface area contributed by atoms with Gasteiger partial charge in [0.2, 0.25) is 0 Å². The molecule has 4 N–H and O–H groups in total. The smallest absolute Gasteiger partial charge is 0.268 e. The third-order valence-electron chi connectivity index (χ3n) is 2.02. The van der Waals surface area contributed by atoms with Gasteiger partial charge in [-0.1, -0.05) is 0 Å². The highest BCUT2D eigenvalue weighted by Crippen LogP contribution is 1.96. The average molecular weight is 200 g/mol. The summed E-state index contributed by atoms with van der Waals surface area (Å²) in [6.07, 6.45) is -0.450. The number of hydrogen-bond donors (Lipinski definition) is 4. The van der Waals surface area contributed by atoms with Crippen LogP contribution >= 0.6 is 0 Å². The molecule has 0 aromatic carbocycles. The van der Waals surface area contributed by atoms with Crippen LogP contribution in [0.3, 0.4) is 0 Å². The number of aliphatic imine (C=N–C) groups is 1. The topological polar surface area (TPSA) is 95.0 Å². The molecular weight excluding hydrogens is 188 g/mol. The molecule has 1 amide bonds. The van der Waals surface area contributed by atoms with Crippen LogP contribution in [0.1, 0.15) is 0 Å². The molecule has 0 bridgehead atoms. The van der Waals surface area contributed by atoms with Crippen molar-refractivity contribution in [2.75, 3.05) is 19.7 Å². The fourth-order valence-electron chi connectivity index (χ4n) is 1.24. The molecule has 0 aromatic heterocycles. The first-order chi connectivity index (χ1) is 6.75. The van der Waals surface area contributed by atoms with Crippen molar-refractivity contribution >= 4 is 11.9 Å². The second-order valence-corrected chi connectivity index (χ2v) is 3.20. The number of aliphatic hydroxyl groups is 1. The maximum absolute atomic E-state index is 11.1. The van der Waals surface area contributed by atoms with E-state index in [1.807, 2.05) is 0 Å². The van der Waals surface area contributed by atoms with Crippen LogP contribution < -0.4 is 16.1 Å². The minimum atomic E-state index is -0.450. The van der Waals surface area contributed by atoms with Crippen molar-refractivity contribution < 1.29 is 14.7 Å². The van der Waals surface area contributed by atoms with E-state index in [1.54, 1.807) is 0 Å². The quantitative estimate of drug-likeness (QED) is 0.370. The van der Waals surface area contributed by atoms with Crippen LogP contribution in [-0.2, 0) is 9.63 Å². The molecule has 0 aromatic rings. The standard InChI is InChI=1S/C7H12N4O3/c12-4-1-8-7(9-2-4)10-5-3-14-11-6(5)13/h4-5,12H,1-3H2,(H,11,13)(H2,8,9,10). The van der Waals surface area contributed by atoms with E-state index in [4.69, 9.17) is 9.94 Å². The van der Waals surface area contributed by atoms with Gasteiger partial charge in [0.05, 0.1) is 12.6 Å². The Balaban J connectivity index is 1.88. The second-order valence-electron chi connectivity index (χ2n) is 3.20. The summed E-state index contributed by atoms with van der Waals surface area (Å²) in [5.41, 5.74) is 2.23. The molecule has 2 heterocycles. The third kappa shape index (κ3) is 1.94. The molecule has 14 heavy (non-hydrogen) atoms. The van der Waals surface area contributed by atoms with E-state index in [9.17, 15) is 4.79 Å². The SMILES string of the molecule is O=C1NOCC1NC1=NCC(O)CN1. The maximum atomic E-state index is 11.1. The second kappa shape index (κ2) is 3.81. The summed E-state index contributed by atoms with van der Waals surface area (Å²) in [4.78, 5) is 19.8. The van der Waals surface area contributed by atoms with Crippen LogP contribution in [-0.4, -0.2) is 48.8 Å². The summed E-state index contributed by atoms with van der Waals surface area (Å²) in [6.45, 7) is 1.08. The molecule has 0 saturated carbocycles. The van der Waals surface area contributed by atoms with Crippen LogP contribution in [0.2, 0.25) is 0 Å². The number of carbonyl (C=O) groups is 1. The number of rotatable bonds is 1. The third-order valence-corrected chi connectivity index (χ3v) is 2.02. The minimum Gasteiger partial charge on any atom is -0.389 e. The van der Waals surface area contributed by atoms with E-state index in [0.717, 1.165) is 0 Å². The molecule has 1 fully saturated rings. The fourth-order valence-corrected chi connectivity index (χ4v) is 1.24. The zero-order chi connectivity index (χ0) is 9.97. The fraction of sp³-hybridized carbons (Fsp3) is 0.714. The van der Waals surface area contributed by atoms with Gasteiger partial charge in [-0.2, -0.15) is 0 Å². The molecule has 2 atom stereocenters. The largest absolute Gasteiger partial charge is 0.389 e. The van der Waals surface area contributed by atoms with Crippen molar-refractivity contribution in [3.8, 4) is 0 Å². The van der Waals surface area contributed by atoms with Crippen molar-refractivity contribution in [2.45, 2.75) is 12.1 Å². The van der Waals surface area contributed by atoms with E-state index >= 15 is 0 Å². The van der Waals surface area contributed by atoms with Gasteiger partial charge in [-0.05, 0) is 0 Å². The highest BCUT2D eigenvalue weighted by Gasteiger charge is 2.27. The minimum absolute atomic E-state index is 0.208. The Morgan fingerprint density at radius 1 is 1.64 bits per heavy atom. The lowest BCUT2D eigenvalue weighted by Gasteiger charge is -2.21. The van der Waals surface area contributed by atoms with E-state index < -0.39 is 12.1 Å². The van der Waals surface area contributed by atoms with Crippen molar-refractivity contribution in [2.24, 2.45) is 4.99 Å². The predicted molar refractivity (Wildman–Crippen MR) is 47.3 cm³/mol. The molecule has 2 rings (SSSR count). The van der Waals surface area contributed by atoms with Gasteiger partial charge in [-0.15, -0.1) is 0 Å². The van der Waals surface area contributed by atoms with Gasteiger partial charge in [0, 0.05) is 6.54 Å². The number of guanidine groups is 1. The number of β-amino-alcohol motifs (C(OH)–C–C–N with tert-alkyl or cyclic N) is 1. The normalized spacial score (nSPS) is 31.8. The molecule has 1 saturated heterocycles. The highest BCUT2D eigenvalue weighted by molar-refractivity contribution is 5.89. The Bertz CT molecular complexity index is 268. The summed E-state index contributed by atoms with van der Waals surface area (Å²) >= 11 is 0. The number of aliphatic hydroxyl groups excluding tert-OH is 1.